The lowest BCUT2D eigenvalue weighted by atomic mass is 9.92. The van der Waals surface area contributed by atoms with Gasteiger partial charge in [0.25, 0.3) is 0 Å². The topological polar surface area (TPSA) is 91.0 Å². The molecule has 1 aromatic rings. The van der Waals surface area contributed by atoms with Crippen LogP contribution in [0.3, 0.4) is 0 Å². The zero-order valence-electron chi connectivity index (χ0n) is 21.9. The molecule has 1 aromatic carbocycles. The van der Waals surface area contributed by atoms with E-state index in [-0.39, 0.29) is 36.1 Å². The van der Waals surface area contributed by atoms with Gasteiger partial charge in [0.1, 0.15) is 11.9 Å². The van der Waals surface area contributed by atoms with Crippen molar-refractivity contribution in [3.05, 3.63) is 33.8 Å². The van der Waals surface area contributed by atoms with Crippen LogP contribution in [0.2, 0.25) is 10.0 Å². The summed E-state index contributed by atoms with van der Waals surface area (Å²) in [5.41, 5.74) is 0.800. The number of hydrogen-bond donors (Lipinski definition) is 2. The molecule has 2 N–H and O–H groups in total. The van der Waals surface area contributed by atoms with Crippen molar-refractivity contribution in [1.82, 2.24) is 20.4 Å². The smallest absolute Gasteiger partial charge is 0.239 e. The molecule has 2 saturated heterocycles. The SMILES string of the molecule is CC(C)(C)CCNC(=O)C[C@H]1S[C@H](c2ccc(Cl)cc2Cl)N(CC(=O)NCCCN2CCOCC2)C1=O. The summed E-state index contributed by atoms with van der Waals surface area (Å²) in [5, 5.41) is 5.68. The van der Waals surface area contributed by atoms with Crippen molar-refractivity contribution in [3.63, 3.8) is 0 Å². The van der Waals surface area contributed by atoms with E-state index in [2.05, 4.69) is 36.3 Å². The molecule has 0 spiro atoms. The third kappa shape index (κ3) is 9.62. The van der Waals surface area contributed by atoms with Crippen LogP contribution >= 0.6 is 35.0 Å². The number of nitrogens with one attached hydrogen (secondary N) is 2. The summed E-state index contributed by atoms with van der Waals surface area (Å²) >= 11 is 13.9. The van der Waals surface area contributed by atoms with E-state index >= 15 is 0 Å². The van der Waals surface area contributed by atoms with Crippen molar-refractivity contribution in [1.29, 1.82) is 0 Å². The van der Waals surface area contributed by atoms with E-state index in [1.54, 1.807) is 18.2 Å². The Kier molecular flexibility index (Phi) is 11.4. The van der Waals surface area contributed by atoms with Gasteiger partial charge in [-0.2, -0.15) is 0 Å². The van der Waals surface area contributed by atoms with Crippen LogP contribution in [0.15, 0.2) is 18.2 Å². The normalized spacial score (nSPS) is 20.8. The molecule has 2 heterocycles. The molecule has 0 radical (unpaired) electrons. The molecule has 206 valence electrons. The Morgan fingerprint density at radius 2 is 1.81 bits per heavy atom. The number of hydrogen-bond acceptors (Lipinski definition) is 6. The minimum absolute atomic E-state index is 0.0486. The number of morpholine rings is 1. The van der Waals surface area contributed by atoms with Crippen LogP contribution in [0, 0.1) is 5.41 Å². The van der Waals surface area contributed by atoms with Gasteiger partial charge in [-0.05, 0) is 36.9 Å². The van der Waals surface area contributed by atoms with Crippen LogP contribution in [-0.2, 0) is 19.1 Å². The molecule has 0 aliphatic carbocycles. The van der Waals surface area contributed by atoms with Gasteiger partial charge < -0.3 is 20.3 Å². The zero-order chi connectivity index (χ0) is 27.0. The van der Waals surface area contributed by atoms with Gasteiger partial charge in [-0.25, -0.2) is 0 Å². The molecule has 0 saturated carbocycles. The van der Waals surface area contributed by atoms with Crippen molar-refractivity contribution >= 4 is 52.7 Å². The lowest BCUT2D eigenvalue weighted by Gasteiger charge is -2.26. The number of benzene rings is 1. The summed E-state index contributed by atoms with van der Waals surface area (Å²) in [6.07, 6.45) is 1.70. The Balaban J connectivity index is 1.60. The molecule has 0 aromatic heterocycles. The largest absolute Gasteiger partial charge is 0.379 e. The molecule has 3 rings (SSSR count). The monoisotopic (exact) mass is 572 g/mol. The minimum Gasteiger partial charge on any atom is -0.379 e. The first-order valence-corrected chi connectivity index (χ1v) is 14.5. The highest BCUT2D eigenvalue weighted by atomic mass is 35.5. The zero-order valence-corrected chi connectivity index (χ0v) is 24.2. The van der Waals surface area contributed by atoms with Gasteiger partial charge >= 0.3 is 0 Å². The maximum Gasteiger partial charge on any atom is 0.239 e. The van der Waals surface area contributed by atoms with Gasteiger partial charge in [-0.15, -0.1) is 11.8 Å². The van der Waals surface area contributed by atoms with Gasteiger partial charge in [0, 0.05) is 48.2 Å². The Hall–Kier alpha value is -1.52. The second-order valence-corrected chi connectivity index (χ2v) is 12.8. The van der Waals surface area contributed by atoms with Crippen LogP contribution in [-0.4, -0.2) is 85.3 Å². The van der Waals surface area contributed by atoms with Crippen molar-refractivity contribution < 1.29 is 19.1 Å². The molecule has 2 aliphatic heterocycles. The van der Waals surface area contributed by atoms with Gasteiger partial charge in [-0.3, -0.25) is 19.3 Å². The Bertz CT molecular complexity index is 953. The predicted octanol–water partition coefficient (Wildman–Crippen LogP) is 3.72. The molecule has 37 heavy (non-hydrogen) atoms. The summed E-state index contributed by atoms with van der Waals surface area (Å²) in [5.74, 6) is -0.651. The average molecular weight is 574 g/mol. The standard InChI is InChI=1S/C26H38Cl2N4O4S/c1-26(2,3)7-9-30-22(33)16-21-24(35)32(25(37-21)19-6-5-18(27)15-20(19)28)17-23(34)29-8-4-10-31-11-13-36-14-12-31/h5-6,15,21,25H,4,7-14,16-17H2,1-3H3,(H,29,34)(H,30,33)/t21-,25-/m1/s1. The fraction of sp³-hybridized carbons (Fsp3) is 0.654. The van der Waals surface area contributed by atoms with E-state index in [1.165, 1.54) is 16.7 Å². The molecular weight excluding hydrogens is 535 g/mol. The van der Waals surface area contributed by atoms with Crippen LogP contribution < -0.4 is 10.6 Å². The molecule has 11 heteroatoms. The van der Waals surface area contributed by atoms with E-state index in [0.29, 0.717) is 28.7 Å². The fourth-order valence-corrected chi connectivity index (χ4v) is 6.27. The van der Waals surface area contributed by atoms with E-state index in [1.807, 2.05) is 0 Å². The third-order valence-corrected chi connectivity index (χ3v) is 8.35. The van der Waals surface area contributed by atoms with Crippen LogP contribution in [0.25, 0.3) is 0 Å². The van der Waals surface area contributed by atoms with Crippen molar-refractivity contribution in [3.8, 4) is 0 Å². The maximum absolute atomic E-state index is 13.4. The Labute approximate surface area is 234 Å². The highest BCUT2D eigenvalue weighted by Crippen LogP contribution is 2.46. The summed E-state index contributed by atoms with van der Waals surface area (Å²) in [4.78, 5) is 42.6. The summed E-state index contributed by atoms with van der Waals surface area (Å²) in [7, 11) is 0. The molecule has 3 amide bonds. The van der Waals surface area contributed by atoms with E-state index in [9.17, 15) is 14.4 Å². The molecule has 2 fully saturated rings. The minimum atomic E-state index is -0.597. The molecule has 8 nitrogen and oxygen atoms in total. The lowest BCUT2D eigenvalue weighted by Crippen LogP contribution is -2.42. The van der Waals surface area contributed by atoms with Crippen LogP contribution in [0.5, 0.6) is 0 Å². The Morgan fingerprint density at radius 1 is 1.11 bits per heavy atom. The molecule has 2 aliphatic rings. The number of nitrogens with zero attached hydrogens (tertiary/aromatic N) is 2. The second kappa shape index (κ2) is 14.0. The molecular formula is C26H38Cl2N4O4S. The number of thioether (sulfide) groups is 1. The van der Waals surface area contributed by atoms with E-state index in [4.69, 9.17) is 27.9 Å². The first-order valence-electron chi connectivity index (χ1n) is 12.8. The summed E-state index contributed by atoms with van der Waals surface area (Å²) in [6.45, 7) is 11.5. The number of amides is 3. The highest BCUT2D eigenvalue weighted by molar-refractivity contribution is 8.01. The molecule has 0 unspecified atom stereocenters. The van der Waals surface area contributed by atoms with E-state index in [0.717, 1.165) is 45.7 Å². The fourth-order valence-electron chi connectivity index (χ4n) is 4.21. The van der Waals surface area contributed by atoms with Crippen molar-refractivity contribution in [2.45, 2.75) is 50.7 Å². The molecule has 2 atom stereocenters. The quantitative estimate of drug-likeness (QED) is 0.393. The number of ether oxygens (including phenoxy) is 1. The number of carbonyl (C=O) groups excluding carboxylic acids is 3. The number of rotatable bonds is 11. The second-order valence-electron chi connectivity index (χ2n) is 10.6. The van der Waals surface area contributed by atoms with Gasteiger partial charge in [0.05, 0.1) is 18.5 Å². The first-order chi connectivity index (χ1) is 17.5. The average Bonchev–Trinajstić information content (AvgIpc) is 3.11. The maximum atomic E-state index is 13.4. The van der Waals surface area contributed by atoms with Crippen molar-refractivity contribution in [2.24, 2.45) is 5.41 Å². The Morgan fingerprint density at radius 3 is 2.49 bits per heavy atom. The van der Waals surface area contributed by atoms with Crippen molar-refractivity contribution in [2.75, 3.05) is 52.5 Å². The lowest BCUT2D eigenvalue weighted by molar-refractivity contribution is -0.136. The van der Waals surface area contributed by atoms with Gasteiger partial charge in [0.2, 0.25) is 17.7 Å². The number of halogens is 2. The van der Waals surface area contributed by atoms with E-state index < -0.39 is 10.6 Å². The third-order valence-electron chi connectivity index (χ3n) is 6.32. The number of carbonyl (C=O) groups is 3. The van der Waals surface area contributed by atoms with Gasteiger partial charge in [0.15, 0.2) is 0 Å². The molecule has 0 bridgehead atoms. The highest BCUT2D eigenvalue weighted by Gasteiger charge is 2.43. The van der Waals surface area contributed by atoms with Crippen LogP contribution in [0.1, 0.15) is 51.0 Å². The summed E-state index contributed by atoms with van der Waals surface area (Å²) < 4.78 is 5.36. The predicted molar refractivity (Wildman–Crippen MR) is 149 cm³/mol. The van der Waals surface area contributed by atoms with Gasteiger partial charge in [-0.1, -0.05) is 50.0 Å². The summed E-state index contributed by atoms with van der Waals surface area (Å²) in [6, 6.07) is 5.11. The first kappa shape index (κ1) is 30.0. The van der Waals surface area contributed by atoms with Crippen LogP contribution in [0.4, 0.5) is 0 Å².